The SMILES string of the molecule is N[C@@H](CSC(c1ccccc1)(c1ccccc1)c1ccccc1)C(=O)[O-].[Li+]. The molecular formula is C22H20LiNO2S. The zero-order chi connectivity index (χ0) is 18.4. The number of aliphatic carboxylic acids is 1. The van der Waals surface area contributed by atoms with Crippen molar-refractivity contribution >= 4 is 17.7 Å². The van der Waals surface area contributed by atoms with Gasteiger partial charge in [-0.25, -0.2) is 0 Å². The van der Waals surface area contributed by atoms with Gasteiger partial charge in [-0.3, -0.25) is 0 Å². The molecule has 3 nitrogen and oxygen atoms in total. The van der Waals surface area contributed by atoms with Crippen LogP contribution >= 0.6 is 11.8 Å². The van der Waals surface area contributed by atoms with E-state index in [4.69, 9.17) is 5.73 Å². The number of rotatable bonds is 7. The van der Waals surface area contributed by atoms with Gasteiger partial charge in [-0.05, 0) is 16.7 Å². The van der Waals surface area contributed by atoms with Crippen LogP contribution in [0, 0.1) is 0 Å². The summed E-state index contributed by atoms with van der Waals surface area (Å²) in [5, 5.41) is 11.2. The summed E-state index contributed by atoms with van der Waals surface area (Å²) in [6.07, 6.45) is 0. The fourth-order valence-electron chi connectivity index (χ4n) is 3.05. The smallest absolute Gasteiger partial charge is 0.548 e. The number of thioether (sulfide) groups is 1. The van der Waals surface area contributed by atoms with E-state index in [1.54, 1.807) is 0 Å². The third kappa shape index (κ3) is 4.66. The molecule has 0 heterocycles. The molecule has 132 valence electrons. The summed E-state index contributed by atoms with van der Waals surface area (Å²) in [6.45, 7) is 0. The molecule has 2 N–H and O–H groups in total. The summed E-state index contributed by atoms with van der Waals surface area (Å²) >= 11 is 1.52. The number of carboxylic acids is 1. The van der Waals surface area contributed by atoms with Gasteiger partial charge >= 0.3 is 18.9 Å². The van der Waals surface area contributed by atoms with Crippen LogP contribution in [0.5, 0.6) is 0 Å². The first-order valence-electron chi connectivity index (χ1n) is 8.41. The molecule has 0 aliphatic rings. The maximum atomic E-state index is 11.2. The quantitative estimate of drug-likeness (QED) is 0.463. The molecule has 0 bridgehead atoms. The van der Waals surface area contributed by atoms with Crippen LogP contribution < -0.4 is 29.7 Å². The summed E-state index contributed by atoms with van der Waals surface area (Å²) in [4.78, 5) is 11.2. The van der Waals surface area contributed by atoms with Gasteiger partial charge in [0.25, 0.3) is 0 Å². The largest absolute Gasteiger partial charge is 1.00 e. The Morgan fingerprint density at radius 1 is 0.815 bits per heavy atom. The van der Waals surface area contributed by atoms with Crippen molar-refractivity contribution in [1.29, 1.82) is 0 Å². The predicted molar refractivity (Wildman–Crippen MR) is 105 cm³/mol. The molecule has 0 aliphatic heterocycles. The second-order valence-electron chi connectivity index (χ2n) is 6.02. The van der Waals surface area contributed by atoms with E-state index in [0.717, 1.165) is 16.7 Å². The molecular weight excluding hydrogens is 349 g/mol. The van der Waals surface area contributed by atoms with Gasteiger partial charge in [-0.15, -0.1) is 11.8 Å². The molecule has 5 heteroatoms. The minimum Gasteiger partial charge on any atom is -0.548 e. The summed E-state index contributed by atoms with van der Waals surface area (Å²) in [7, 11) is 0. The van der Waals surface area contributed by atoms with Gasteiger partial charge in [-0.2, -0.15) is 0 Å². The minimum absolute atomic E-state index is 0. The zero-order valence-corrected chi connectivity index (χ0v) is 16.1. The van der Waals surface area contributed by atoms with Gasteiger partial charge < -0.3 is 15.6 Å². The summed E-state index contributed by atoms with van der Waals surface area (Å²) in [5.74, 6) is -0.998. The van der Waals surface area contributed by atoms with E-state index in [-0.39, 0.29) is 24.6 Å². The van der Waals surface area contributed by atoms with Gasteiger partial charge in [0, 0.05) is 5.75 Å². The Hall–Kier alpha value is -1.96. The molecule has 0 saturated carbocycles. The Kier molecular flexibility index (Phi) is 7.76. The first kappa shape index (κ1) is 21.3. The molecule has 1 atom stereocenters. The molecule has 27 heavy (non-hydrogen) atoms. The Balaban J connectivity index is 0.00000261. The fraction of sp³-hybridized carbons (Fsp3) is 0.136. The topological polar surface area (TPSA) is 66.2 Å². The van der Waals surface area contributed by atoms with Gasteiger partial charge in [0.1, 0.15) is 0 Å². The summed E-state index contributed by atoms with van der Waals surface area (Å²) in [6, 6.07) is 29.3. The fourth-order valence-corrected chi connectivity index (χ4v) is 4.53. The van der Waals surface area contributed by atoms with E-state index in [9.17, 15) is 9.90 Å². The average molecular weight is 369 g/mol. The summed E-state index contributed by atoms with van der Waals surface area (Å²) in [5.41, 5.74) is 9.01. The molecule has 0 aromatic heterocycles. The Bertz CT molecular complexity index is 747. The van der Waals surface area contributed by atoms with E-state index < -0.39 is 16.8 Å². The Labute approximate surface area is 176 Å². The minimum atomic E-state index is -1.24. The van der Waals surface area contributed by atoms with Crippen molar-refractivity contribution in [1.82, 2.24) is 0 Å². The second-order valence-corrected chi connectivity index (χ2v) is 7.25. The van der Waals surface area contributed by atoms with Crippen molar-refractivity contribution in [2.45, 2.75) is 10.8 Å². The normalized spacial score (nSPS) is 12.0. The maximum Gasteiger partial charge on any atom is 1.00 e. The van der Waals surface area contributed by atoms with E-state index in [1.165, 1.54) is 11.8 Å². The molecule has 0 saturated heterocycles. The monoisotopic (exact) mass is 369 g/mol. The van der Waals surface area contributed by atoms with Crippen molar-refractivity contribution in [3.05, 3.63) is 108 Å². The predicted octanol–water partition coefficient (Wildman–Crippen LogP) is -0.207. The van der Waals surface area contributed by atoms with Crippen LogP contribution in [0.25, 0.3) is 0 Å². The van der Waals surface area contributed by atoms with Crippen molar-refractivity contribution in [3.63, 3.8) is 0 Å². The van der Waals surface area contributed by atoms with Crippen LogP contribution in [-0.2, 0) is 9.54 Å². The number of benzene rings is 3. The number of nitrogens with two attached hydrogens (primary N) is 1. The van der Waals surface area contributed by atoms with Gasteiger partial charge in [-0.1, -0.05) is 91.0 Å². The van der Waals surface area contributed by atoms with Crippen LogP contribution in [0.3, 0.4) is 0 Å². The van der Waals surface area contributed by atoms with E-state index in [0.29, 0.717) is 0 Å². The Morgan fingerprint density at radius 3 is 1.44 bits per heavy atom. The van der Waals surface area contributed by atoms with Gasteiger partial charge in [0.2, 0.25) is 0 Å². The number of carbonyl (C=O) groups excluding carboxylic acids is 1. The molecule has 3 rings (SSSR count). The van der Waals surface area contributed by atoms with Crippen molar-refractivity contribution in [3.8, 4) is 0 Å². The zero-order valence-electron chi connectivity index (χ0n) is 15.2. The molecule has 3 aromatic rings. The van der Waals surface area contributed by atoms with Crippen molar-refractivity contribution in [2.75, 3.05) is 5.75 Å². The molecule has 0 amide bonds. The van der Waals surface area contributed by atoms with Crippen LogP contribution in [0.1, 0.15) is 16.7 Å². The van der Waals surface area contributed by atoms with Crippen LogP contribution in [-0.4, -0.2) is 17.8 Å². The third-order valence-electron chi connectivity index (χ3n) is 4.32. The van der Waals surface area contributed by atoms with Crippen LogP contribution in [0.15, 0.2) is 91.0 Å². The van der Waals surface area contributed by atoms with Crippen LogP contribution in [0.2, 0.25) is 0 Å². The molecule has 0 radical (unpaired) electrons. The second kappa shape index (κ2) is 9.82. The molecule has 0 spiro atoms. The van der Waals surface area contributed by atoms with Crippen molar-refractivity contribution in [2.24, 2.45) is 5.73 Å². The molecule has 0 fully saturated rings. The first-order chi connectivity index (χ1) is 12.6. The van der Waals surface area contributed by atoms with Gasteiger partial charge in [0.15, 0.2) is 0 Å². The van der Waals surface area contributed by atoms with E-state index in [2.05, 4.69) is 36.4 Å². The van der Waals surface area contributed by atoms with Gasteiger partial charge in [0.05, 0.1) is 16.8 Å². The van der Waals surface area contributed by atoms with E-state index in [1.807, 2.05) is 54.6 Å². The summed E-state index contributed by atoms with van der Waals surface area (Å²) < 4.78 is -0.559. The van der Waals surface area contributed by atoms with Crippen molar-refractivity contribution < 1.29 is 28.8 Å². The van der Waals surface area contributed by atoms with Crippen LogP contribution in [0.4, 0.5) is 0 Å². The number of hydrogen-bond donors (Lipinski definition) is 1. The Morgan fingerprint density at radius 2 is 1.15 bits per heavy atom. The maximum absolute atomic E-state index is 11.2. The number of hydrogen-bond acceptors (Lipinski definition) is 4. The molecule has 0 aliphatic carbocycles. The first-order valence-corrected chi connectivity index (χ1v) is 9.40. The average Bonchev–Trinajstić information content (AvgIpc) is 2.70. The standard InChI is InChI=1S/C22H21NO2S.Li/c23-20(21(24)25)16-26-22(17-10-4-1-5-11-17,18-12-6-2-7-13-18)19-14-8-3-9-15-19;/h1-15,20H,16,23H2,(H,24,25);/q;+1/p-1/t20-;/m0./s1. The van der Waals surface area contributed by atoms with E-state index >= 15 is 0 Å². The third-order valence-corrected chi connectivity index (χ3v) is 5.99. The number of carboxylic acid groups (broad SMARTS) is 1. The molecule has 3 aromatic carbocycles. The molecule has 0 unspecified atom stereocenters. The number of carbonyl (C=O) groups is 1.